The Morgan fingerprint density at radius 2 is 1.78 bits per heavy atom. The van der Waals surface area contributed by atoms with Crippen LogP contribution in [0.15, 0.2) is 55.4 Å². The van der Waals surface area contributed by atoms with Gasteiger partial charge >= 0.3 is 0 Å². The lowest BCUT2D eigenvalue weighted by atomic mass is 10.1. The zero-order valence-corrected chi connectivity index (χ0v) is 15.3. The van der Waals surface area contributed by atoms with Gasteiger partial charge in [-0.05, 0) is 24.1 Å². The quantitative estimate of drug-likeness (QED) is 0.712. The predicted octanol–water partition coefficient (Wildman–Crippen LogP) is 2.19. The third-order valence-electron chi connectivity index (χ3n) is 4.91. The van der Waals surface area contributed by atoms with Crippen molar-refractivity contribution in [2.24, 2.45) is 0 Å². The molecule has 2 aromatic heterocycles. The summed E-state index contributed by atoms with van der Waals surface area (Å²) in [5.74, 6) is 1.75. The van der Waals surface area contributed by atoms with Crippen molar-refractivity contribution in [1.29, 1.82) is 0 Å². The summed E-state index contributed by atoms with van der Waals surface area (Å²) in [6.07, 6.45) is 7.84. The van der Waals surface area contributed by atoms with Crippen LogP contribution in [0.25, 0.3) is 5.82 Å². The van der Waals surface area contributed by atoms with Crippen LogP contribution in [0.3, 0.4) is 0 Å². The van der Waals surface area contributed by atoms with Gasteiger partial charge in [0.25, 0.3) is 5.91 Å². The van der Waals surface area contributed by atoms with Crippen LogP contribution in [-0.4, -0.2) is 56.5 Å². The lowest BCUT2D eigenvalue weighted by Gasteiger charge is -2.35. The number of rotatable bonds is 4. The Morgan fingerprint density at radius 3 is 2.44 bits per heavy atom. The van der Waals surface area contributed by atoms with E-state index < -0.39 is 0 Å². The summed E-state index contributed by atoms with van der Waals surface area (Å²) < 4.78 is 1.85. The highest BCUT2D eigenvalue weighted by atomic mass is 16.2. The van der Waals surface area contributed by atoms with Gasteiger partial charge in [0.2, 0.25) is 0 Å². The maximum absolute atomic E-state index is 12.7. The Labute approximate surface area is 158 Å². The molecule has 1 aliphatic rings. The van der Waals surface area contributed by atoms with E-state index in [9.17, 15) is 4.79 Å². The number of aromatic nitrogens is 4. The Morgan fingerprint density at radius 1 is 1.04 bits per heavy atom. The minimum atomic E-state index is 0.0964. The molecule has 1 aromatic carbocycles. The second-order valence-corrected chi connectivity index (χ2v) is 6.53. The molecule has 0 aliphatic carbocycles. The van der Waals surface area contributed by atoms with Gasteiger partial charge in [-0.15, -0.1) is 0 Å². The largest absolute Gasteiger partial charge is 0.353 e. The van der Waals surface area contributed by atoms with E-state index in [4.69, 9.17) is 0 Å². The fraction of sp³-hybridized carbons (Fsp3) is 0.300. The maximum atomic E-state index is 12.7. The summed E-state index contributed by atoms with van der Waals surface area (Å²) in [5, 5.41) is 0. The molecule has 0 atom stereocenters. The first-order valence-electron chi connectivity index (χ1n) is 9.18. The van der Waals surface area contributed by atoms with E-state index in [1.54, 1.807) is 18.9 Å². The third-order valence-corrected chi connectivity index (χ3v) is 4.91. The van der Waals surface area contributed by atoms with Crippen molar-refractivity contribution in [1.82, 2.24) is 24.4 Å². The van der Waals surface area contributed by atoms with E-state index in [1.165, 1.54) is 5.56 Å². The van der Waals surface area contributed by atoms with Crippen LogP contribution in [0.1, 0.15) is 22.8 Å². The van der Waals surface area contributed by atoms with Crippen molar-refractivity contribution in [3.05, 3.63) is 66.5 Å². The zero-order valence-electron chi connectivity index (χ0n) is 15.3. The molecule has 1 aliphatic heterocycles. The SMILES string of the molecule is CCc1ccc(C(=O)N2CCN(c3cc(-n4ccnc4)ncn3)CC2)cc1. The summed E-state index contributed by atoms with van der Waals surface area (Å²) >= 11 is 0. The molecule has 3 heterocycles. The number of hydrogen-bond acceptors (Lipinski definition) is 5. The highest BCUT2D eigenvalue weighted by Gasteiger charge is 2.23. The molecule has 0 radical (unpaired) electrons. The number of benzene rings is 1. The van der Waals surface area contributed by atoms with Crippen LogP contribution in [0.4, 0.5) is 5.82 Å². The van der Waals surface area contributed by atoms with E-state index in [0.29, 0.717) is 13.1 Å². The van der Waals surface area contributed by atoms with Crippen LogP contribution >= 0.6 is 0 Å². The van der Waals surface area contributed by atoms with Gasteiger partial charge in [0, 0.05) is 50.2 Å². The van der Waals surface area contributed by atoms with Crippen LogP contribution in [0.5, 0.6) is 0 Å². The number of carbonyl (C=O) groups excluding carboxylic acids is 1. The Kier molecular flexibility index (Phi) is 4.82. The van der Waals surface area contributed by atoms with Gasteiger partial charge in [0.05, 0.1) is 0 Å². The molecule has 1 amide bonds. The molecule has 0 saturated carbocycles. The van der Waals surface area contributed by atoms with E-state index in [1.807, 2.05) is 46.0 Å². The van der Waals surface area contributed by atoms with Gasteiger partial charge in [0.1, 0.15) is 24.3 Å². The monoisotopic (exact) mass is 362 g/mol. The Bertz CT molecular complexity index is 898. The summed E-state index contributed by atoms with van der Waals surface area (Å²) in [6.45, 7) is 4.97. The number of amides is 1. The van der Waals surface area contributed by atoms with E-state index in [2.05, 4.69) is 26.8 Å². The minimum Gasteiger partial charge on any atom is -0.353 e. The Balaban J connectivity index is 1.41. The van der Waals surface area contributed by atoms with Crippen LogP contribution in [0.2, 0.25) is 0 Å². The zero-order chi connectivity index (χ0) is 18.6. The minimum absolute atomic E-state index is 0.0964. The molecule has 7 nitrogen and oxygen atoms in total. The van der Waals surface area contributed by atoms with Crippen molar-refractivity contribution in [3.63, 3.8) is 0 Å². The molecule has 1 fully saturated rings. The van der Waals surface area contributed by atoms with E-state index >= 15 is 0 Å². The number of piperazine rings is 1. The molecule has 4 rings (SSSR count). The normalized spacial score (nSPS) is 14.4. The van der Waals surface area contributed by atoms with Gasteiger partial charge in [-0.25, -0.2) is 15.0 Å². The number of carbonyl (C=O) groups is 1. The summed E-state index contributed by atoms with van der Waals surface area (Å²) in [6, 6.07) is 9.86. The van der Waals surface area contributed by atoms with Gasteiger partial charge in [-0.3, -0.25) is 9.36 Å². The van der Waals surface area contributed by atoms with Crippen molar-refractivity contribution in [2.45, 2.75) is 13.3 Å². The smallest absolute Gasteiger partial charge is 0.253 e. The molecule has 0 N–H and O–H groups in total. The van der Waals surface area contributed by atoms with Gasteiger partial charge < -0.3 is 9.80 Å². The molecule has 3 aromatic rings. The topological polar surface area (TPSA) is 67.2 Å². The van der Waals surface area contributed by atoms with Crippen LogP contribution in [-0.2, 0) is 6.42 Å². The molecular weight excluding hydrogens is 340 g/mol. The molecule has 138 valence electrons. The number of nitrogens with zero attached hydrogens (tertiary/aromatic N) is 6. The maximum Gasteiger partial charge on any atom is 0.253 e. The second kappa shape index (κ2) is 7.57. The molecule has 7 heteroatoms. The first kappa shape index (κ1) is 17.2. The number of aryl methyl sites for hydroxylation is 1. The number of hydrogen-bond donors (Lipinski definition) is 0. The highest BCUT2D eigenvalue weighted by molar-refractivity contribution is 5.94. The van der Waals surface area contributed by atoms with E-state index in [-0.39, 0.29) is 5.91 Å². The lowest BCUT2D eigenvalue weighted by Crippen LogP contribution is -2.49. The standard InChI is InChI=1S/C20H22N6O/c1-2-16-3-5-17(6-4-16)20(27)25-11-9-24(10-12-25)18-13-19(23-14-22-18)26-8-7-21-15-26/h3-8,13-15H,2,9-12H2,1H3. The highest BCUT2D eigenvalue weighted by Crippen LogP contribution is 2.17. The molecular formula is C20H22N6O. The van der Waals surface area contributed by atoms with Crippen molar-refractivity contribution < 1.29 is 4.79 Å². The van der Waals surface area contributed by atoms with Gasteiger partial charge in [-0.2, -0.15) is 0 Å². The number of imidazole rings is 1. The van der Waals surface area contributed by atoms with Crippen molar-refractivity contribution >= 4 is 11.7 Å². The van der Waals surface area contributed by atoms with Crippen LogP contribution in [0, 0.1) is 0 Å². The van der Waals surface area contributed by atoms with Gasteiger partial charge in [0.15, 0.2) is 0 Å². The summed E-state index contributed by atoms with van der Waals surface area (Å²) in [4.78, 5) is 29.6. The molecule has 0 bridgehead atoms. The fourth-order valence-electron chi connectivity index (χ4n) is 3.25. The average molecular weight is 362 g/mol. The third kappa shape index (κ3) is 3.67. The molecule has 27 heavy (non-hydrogen) atoms. The summed E-state index contributed by atoms with van der Waals surface area (Å²) in [5.41, 5.74) is 2.00. The van der Waals surface area contributed by atoms with Crippen LogP contribution < -0.4 is 4.90 Å². The Hall–Kier alpha value is -3.22. The van der Waals surface area contributed by atoms with E-state index in [0.717, 1.165) is 36.7 Å². The van der Waals surface area contributed by atoms with Gasteiger partial charge in [-0.1, -0.05) is 19.1 Å². The summed E-state index contributed by atoms with van der Waals surface area (Å²) in [7, 11) is 0. The average Bonchev–Trinajstić information content (AvgIpc) is 3.29. The predicted molar refractivity (Wildman–Crippen MR) is 103 cm³/mol. The molecule has 1 saturated heterocycles. The first-order valence-corrected chi connectivity index (χ1v) is 9.18. The number of anilines is 1. The molecule has 0 spiro atoms. The van der Waals surface area contributed by atoms with Crippen molar-refractivity contribution in [3.8, 4) is 5.82 Å². The van der Waals surface area contributed by atoms with Crippen molar-refractivity contribution in [2.75, 3.05) is 31.1 Å². The molecule has 0 unspecified atom stereocenters. The fourth-order valence-corrected chi connectivity index (χ4v) is 3.25. The lowest BCUT2D eigenvalue weighted by molar-refractivity contribution is 0.0746. The first-order chi connectivity index (χ1) is 13.2. The second-order valence-electron chi connectivity index (χ2n) is 6.53.